The van der Waals surface area contributed by atoms with Crippen LogP contribution in [0.3, 0.4) is 0 Å². The largest absolute Gasteiger partial charge is 0.497 e. The predicted molar refractivity (Wildman–Crippen MR) is 143 cm³/mol. The zero-order valence-corrected chi connectivity index (χ0v) is 23.2. The maximum Gasteiger partial charge on any atom is 0.490 e. The molecule has 0 aromatic heterocycles. The minimum atomic E-state index is -5.08. The number of carboxylic acids is 1. The fourth-order valence-corrected chi connectivity index (χ4v) is 3.64. The number of aliphatic hydroxyl groups excluding tert-OH is 1. The molecular weight excluding hydrogens is 563 g/mol. The van der Waals surface area contributed by atoms with Gasteiger partial charge in [0.2, 0.25) is 11.8 Å². The van der Waals surface area contributed by atoms with Gasteiger partial charge in [-0.25, -0.2) is 4.79 Å². The number of amides is 2. The lowest BCUT2D eigenvalue weighted by Gasteiger charge is -2.25. The molecule has 1 heterocycles. The first-order chi connectivity index (χ1) is 19.6. The van der Waals surface area contributed by atoms with E-state index in [1.807, 2.05) is 30.3 Å². The Morgan fingerprint density at radius 1 is 0.976 bits per heavy atom. The van der Waals surface area contributed by atoms with Gasteiger partial charge in [-0.3, -0.25) is 14.4 Å². The summed E-state index contributed by atoms with van der Waals surface area (Å²) in [5.74, 6) is -3.54. The second-order valence-electron chi connectivity index (χ2n) is 9.82. The van der Waals surface area contributed by atoms with Gasteiger partial charge >= 0.3 is 12.1 Å². The molecule has 1 aliphatic rings. The summed E-state index contributed by atoms with van der Waals surface area (Å²) in [5, 5.41) is 22.3. The number of hydrogen-bond acceptors (Lipinski definition) is 8. The Morgan fingerprint density at radius 2 is 1.45 bits per heavy atom. The summed E-state index contributed by atoms with van der Waals surface area (Å²) in [4.78, 5) is 48.0. The molecule has 1 aliphatic heterocycles. The smallest absolute Gasteiger partial charge is 0.490 e. The van der Waals surface area contributed by atoms with Crippen LogP contribution in [0.25, 0.3) is 0 Å². The summed E-state index contributed by atoms with van der Waals surface area (Å²) < 4.78 is 42.2. The molecule has 2 aromatic rings. The van der Waals surface area contributed by atoms with E-state index in [1.165, 1.54) is 6.92 Å². The number of nitrogens with one attached hydrogen (secondary N) is 2. The molecule has 0 aliphatic carbocycles. The lowest BCUT2D eigenvalue weighted by atomic mass is 9.94. The first-order valence-corrected chi connectivity index (χ1v) is 12.8. The van der Waals surface area contributed by atoms with E-state index in [2.05, 4.69) is 10.6 Å². The molecule has 0 spiro atoms. The van der Waals surface area contributed by atoms with Gasteiger partial charge in [0.1, 0.15) is 23.4 Å². The number of epoxide rings is 1. The molecule has 3 rings (SSSR count). The second kappa shape index (κ2) is 14.8. The molecule has 0 radical (unpaired) electrons. The van der Waals surface area contributed by atoms with E-state index in [-0.39, 0.29) is 18.6 Å². The highest BCUT2D eigenvalue weighted by atomic mass is 19.4. The van der Waals surface area contributed by atoms with Crippen LogP contribution in [0.5, 0.6) is 5.75 Å². The van der Waals surface area contributed by atoms with E-state index in [4.69, 9.17) is 25.1 Å². The van der Waals surface area contributed by atoms with Crippen molar-refractivity contribution in [3.05, 3.63) is 65.7 Å². The number of halogens is 3. The normalized spacial score (nSPS) is 18.7. The summed E-state index contributed by atoms with van der Waals surface area (Å²) in [7, 11) is 1.55. The number of carboxylic acid groups (broad SMARTS) is 1. The van der Waals surface area contributed by atoms with Crippen LogP contribution in [-0.2, 0) is 36.8 Å². The molecule has 230 valence electrons. The van der Waals surface area contributed by atoms with Crippen LogP contribution in [0.4, 0.5) is 13.2 Å². The fourth-order valence-electron chi connectivity index (χ4n) is 3.64. The second-order valence-corrected chi connectivity index (χ2v) is 9.82. The van der Waals surface area contributed by atoms with E-state index in [1.54, 1.807) is 38.3 Å². The number of aliphatic hydroxyl groups is 1. The number of carbonyl (C=O) groups excluding carboxylic acids is 3. The van der Waals surface area contributed by atoms with Crippen molar-refractivity contribution in [1.82, 2.24) is 10.6 Å². The lowest BCUT2D eigenvalue weighted by Crippen LogP contribution is -2.58. The molecule has 0 bridgehead atoms. The van der Waals surface area contributed by atoms with Crippen LogP contribution in [0.1, 0.15) is 25.0 Å². The molecule has 42 heavy (non-hydrogen) atoms. The van der Waals surface area contributed by atoms with Gasteiger partial charge in [-0.15, -0.1) is 0 Å². The van der Waals surface area contributed by atoms with Crippen molar-refractivity contribution in [2.75, 3.05) is 13.7 Å². The molecular formula is C28H34F3N3O8. The van der Waals surface area contributed by atoms with Gasteiger partial charge in [0.15, 0.2) is 5.78 Å². The number of Topliss-reactive ketones (excluding diaryl/α,β-unsaturated/α-hetero) is 1. The first-order valence-electron chi connectivity index (χ1n) is 12.8. The Balaban J connectivity index is 0.000000782. The number of benzene rings is 2. The number of rotatable bonds is 12. The minimum Gasteiger partial charge on any atom is -0.497 e. The quantitative estimate of drug-likeness (QED) is 0.224. The van der Waals surface area contributed by atoms with Gasteiger partial charge in [-0.05, 0) is 43.5 Å². The van der Waals surface area contributed by atoms with Crippen LogP contribution in [0, 0.1) is 0 Å². The Hall–Kier alpha value is -4.01. The summed E-state index contributed by atoms with van der Waals surface area (Å²) in [5.41, 5.74) is 6.48. The minimum absolute atomic E-state index is 0.147. The van der Waals surface area contributed by atoms with E-state index < -0.39 is 53.8 Å². The van der Waals surface area contributed by atoms with E-state index in [9.17, 15) is 32.7 Å². The zero-order valence-electron chi connectivity index (χ0n) is 23.2. The third-order valence-electron chi connectivity index (χ3n) is 6.31. The van der Waals surface area contributed by atoms with Crippen molar-refractivity contribution < 1.29 is 52.0 Å². The SMILES string of the molecule is COc1ccc(C[C@H](NC(=O)[C@@H](N)[C@H](C)O)C(=O)N[C@@H](Cc2ccccc2)C(=O)[C@@]2(C)CO2)cc1.O=C(O)C(F)(F)F. The molecule has 0 unspecified atom stereocenters. The van der Waals surface area contributed by atoms with Crippen LogP contribution in [0.2, 0.25) is 0 Å². The van der Waals surface area contributed by atoms with Gasteiger partial charge in [-0.2, -0.15) is 13.2 Å². The van der Waals surface area contributed by atoms with Gasteiger partial charge in [0, 0.05) is 6.42 Å². The average molecular weight is 598 g/mol. The maximum absolute atomic E-state index is 13.4. The number of ether oxygens (including phenoxy) is 2. The molecule has 14 heteroatoms. The number of aliphatic carboxylic acids is 1. The van der Waals surface area contributed by atoms with Gasteiger partial charge in [0.05, 0.1) is 25.9 Å². The lowest BCUT2D eigenvalue weighted by molar-refractivity contribution is -0.192. The van der Waals surface area contributed by atoms with Crippen molar-refractivity contribution in [3.8, 4) is 5.75 Å². The number of methoxy groups -OCH3 is 1. The van der Waals surface area contributed by atoms with Crippen molar-refractivity contribution in [3.63, 3.8) is 0 Å². The highest BCUT2D eigenvalue weighted by Crippen LogP contribution is 2.29. The summed E-state index contributed by atoms with van der Waals surface area (Å²) in [6, 6.07) is 13.3. The third kappa shape index (κ3) is 10.4. The van der Waals surface area contributed by atoms with Crippen LogP contribution < -0.4 is 21.1 Å². The Bertz CT molecular complexity index is 1220. The summed E-state index contributed by atoms with van der Waals surface area (Å²) >= 11 is 0. The van der Waals surface area contributed by atoms with Crippen molar-refractivity contribution in [1.29, 1.82) is 0 Å². The van der Waals surface area contributed by atoms with Gasteiger partial charge in [0.25, 0.3) is 0 Å². The monoisotopic (exact) mass is 597 g/mol. The Morgan fingerprint density at radius 3 is 1.90 bits per heavy atom. The number of carbonyl (C=O) groups is 4. The van der Waals surface area contributed by atoms with Crippen LogP contribution in [-0.4, -0.2) is 83.5 Å². The van der Waals surface area contributed by atoms with Crippen molar-refractivity contribution in [2.45, 2.75) is 62.7 Å². The van der Waals surface area contributed by atoms with Crippen molar-refractivity contribution >= 4 is 23.6 Å². The molecule has 1 fully saturated rings. The van der Waals surface area contributed by atoms with Gasteiger partial charge in [-0.1, -0.05) is 42.5 Å². The number of nitrogens with two attached hydrogens (primary N) is 1. The fraction of sp³-hybridized carbons (Fsp3) is 0.429. The van der Waals surface area contributed by atoms with E-state index >= 15 is 0 Å². The van der Waals surface area contributed by atoms with Crippen molar-refractivity contribution in [2.24, 2.45) is 5.73 Å². The molecule has 1 saturated heterocycles. The van der Waals surface area contributed by atoms with Crippen LogP contribution >= 0.6 is 0 Å². The molecule has 6 N–H and O–H groups in total. The van der Waals surface area contributed by atoms with Gasteiger partial charge < -0.3 is 36.1 Å². The predicted octanol–water partition coefficient (Wildman–Crippen LogP) is 1.15. The summed E-state index contributed by atoms with van der Waals surface area (Å²) in [6.07, 6.45) is -5.76. The topological polar surface area (TPSA) is 181 Å². The molecule has 0 saturated carbocycles. The molecule has 5 atom stereocenters. The average Bonchev–Trinajstić information content (AvgIpc) is 3.70. The molecule has 2 amide bonds. The Labute approximate surface area is 240 Å². The van der Waals surface area contributed by atoms with E-state index in [0.717, 1.165) is 11.1 Å². The number of alkyl halides is 3. The van der Waals surface area contributed by atoms with Crippen LogP contribution in [0.15, 0.2) is 54.6 Å². The maximum atomic E-state index is 13.4. The van der Waals surface area contributed by atoms with E-state index in [0.29, 0.717) is 12.4 Å². The third-order valence-corrected chi connectivity index (χ3v) is 6.31. The summed E-state index contributed by atoms with van der Waals surface area (Å²) in [6.45, 7) is 3.38. The number of hydrogen-bond donors (Lipinski definition) is 5. The standard InChI is InChI=1S/C26H33N3O6.C2HF3O2/c1-16(30)22(27)25(33)29-21(14-18-9-11-19(34-3)12-10-18)24(32)28-20(23(31)26(2)15-35-26)13-17-7-5-4-6-8-17;3-2(4,5)1(6)7/h4-12,16,20-22,30H,13-15,27H2,1-3H3,(H,28,32)(H,29,33);(H,6,7)/t16-,20-,21-,22-,26+;/m0./s1. The first kappa shape index (κ1) is 34.2. The zero-order chi connectivity index (χ0) is 31.7. The molecule has 11 nitrogen and oxygen atoms in total. The number of ketones is 1. The highest BCUT2D eigenvalue weighted by molar-refractivity contribution is 5.98. The highest BCUT2D eigenvalue weighted by Gasteiger charge is 2.50. The Kier molecular flexibility index (Phi) is 12.0. The molecule has 2 aromatic carbocycles.